The number of hydrogen-bond donors (Lipinski definition) is 3. The van der Waals surface area contributed by atoms with E-state index in [1.165, 1.54) is 12.8 Å². The predicted molar refractivity (Wildman–Crippen MR) is 114 cm³/mol. The van der Waals surface area contributed by atoms with E-state index in [0.29, 0.717) is 12.2 Å². The number of carbonyl (C=O) groups excluding carboxylic acids is 3. The van der Waals surface area contributed by atoms with E-state index in [1.54, 1.807) is 0 Å². The summed E-state index contributed by atoms with van der Waals surface area (Å²) in [6.45, 7) is 1.72. The molecular weight excluding hydrogens is 384 g/mol. The van der Waals surface area contributed by atoms with Crippen LogP contribution in [-0.4, -0.2) is 44.1 Å². The third-order valence-corrected chi connectivity index (χ3v) is 4.68. The quantitative estimate of drug-likeness (QED) is 0.580. The first-order chi connectivity index (χ1) is 14.6. The first-order valence-electron chi connectivity index (χ1n) is 9.96. The summed E-state index contributed by atoms with van der Waals surface area (Å²) in [5.74, 6) is -1.13. The zero-order valence-corrected chi connectivity index (χ0v) is 16.7. The van der Waals surface area contributed by atoms with Crippen LogP contribution >= 0.6 is 0 Å². The lowest BCUT2D eigenvalue weighted by Gasteiger charge is -2.17. The molecule has 8 heteroatoms. The minimum absolute atomic E-state index is 0.321. The summed E-state index contributed by atoms with van der Waals surface area (Å²) in [4.78, 5) is 37.7. The zero-order chi connectivity index (χ0) is 21.2. The molecule has 3 N–H and O–H groups in total. The van der Waals surface area contributed by atoms with Crippen molar-refractivity contribution >= 4 is 29.3 Å². The monoisotopic (exact) mass is 410 g/mol. The third kappa shape index (κ3) is 6.80. The van der Waals surface area contributed by atoms with E-state index >= 15 is 0 Å². The number of ether oxygens (including phenoxy) is 1. The molecule has 30 heavy (non-hydrogen) atoms. The van der Waals surface area contributed by atoms with Gasteiger partial charge in [0.25, 0.3) is 5.91 Å². The van der Waals surface area contributed by atoms with Crippen LogP contribution in [-0.2, 0) is 20.9 Å². The fraction of sp³-hybridized carbons (Fsp3) is 0.318. The van der Waals surface area contributed by atoms with Crippen molar-refractivity contribution in [3.05, 3.63) is 60.2 Å². The molecule has 1 aliphatic rings. The zero-order valence-electron chi connectivity index (χ0n) is 16.7. The smallest absolute Gasteiger partial charge is 0.325 e. The molecule has 1 heterocycles. The van der Waals surface area contributed by atoms with Gasteiger partial charge in [-0.3, -0.25) is 9.59 Å². The fourth-order valence-electron chi connectivity index (χ4n) is 3.12. The average molecular weight is 410 g/mol. The van der Waals surface area contributed by atoms with Crippen LogP contribution in [0.25, 0.3) is 0 Å². The summed E-state index contributed by atoms with van der Waals surface area (Å²) in [6.07, 6.45) is 2.40. The fourth-order valence-corrected chi connectivity index (χ4v) is 3.12. The number of anilines is 2. The highest BCUT2D eigenvalue weighted by atomic mass is 16.5. The molecule has 0 radical (unpaired) electrons. The summed E-state index contributed by atoms with van der Waals surface area (Å²) in [6, 6.07) is 16.5. The summed E-state index contributed by atoms with van der Waals surface area (Å²) >= 11 is 0. The number of hydrogen-bond acceptors (Lipinski definition) is 5. The highest BCUT2D eigenvalue weighted by Crippen LogP contribution is 2.21. The van der Waals surface area contributed by atoms with E-state index in [0.717, 1.165) is 24.3 Å². The van der Waals surface area contributed by atoms with Crippen LogP contribution in [0.4, 0.5) is 16.2 Å². The van der Waals surface area contributed by atoms with Gasteiger partial charge < -0.3 is 25.6 Å². The van der Waals surface area contributed by atoms with Gasteiger partial charge in [0.1, 0.15) is 6.54 Å². The van der Waals surface area contributed by atoms with Gasteiger partial charge in [-0.15, -0.1) is 0 Å². The first kappa shape index (κ1) is 21.2. The second-order valence-electron chi connectivity index (χ2n) is 6.97. The Kier molecular flexibility index (Phi) is 7.65. The molecule has 158 valence electrons. The summed E-state index contributed by atoms with van der Waals surface area (Å²) in [5.41, 5.74) is 2.71. The number of nitrogens with zero attached hydrogens (tertiary/aromatic N) is 1. The SMILES string of the molecule is O=C(COC(=O)CNC(=O)NCc1ccccc1)Nc1ccc(N2CCCC2)cc1. The predicted octanol–water partition coefficient (Wildman–Crippen LogP) is 2.27. The molecule has 0 aromatic heterocycles. The van der Waals surface area contributed by atoms with Crippen LogP contribution in [0.15, 0.2) is 54.6 Å². The highest BCUT2D eigenvalue weighted by molar-refractivity contribution is 5.93. The van der Waals surface area contributed by atoms with Crippen LogP contribution in [0, 0.1) is 0 Å². The topological polar surface area (TPSA) is 99.8 Å². The van der Waals surface area contributed by atoms with Gasteiger partial charge in [0.2, 0.25) is 0 Å². The lowest BCUT2D eigenvalue weighted by molar-refractivity contribution is -0.146. The highest BCUT2D eigenvalue weighted by Gasteiger charge is 2.13. The van der Waals surface area contributed by atoms with E-state index in [2.05, 4.69) is 20.9 Å². The van der Waals surface area contributed by atoms with Gasteiger partial charge in [-0.2, -0.15) is 0 Å². The van der Waals surface area contributed by atoms with E-state index in [-0.39, 0.29) is 6.54 Å². The van der Waals surface area contributed by atoms with Gasteiger partial charge in [0.15, 0.2) is 6.61 Å². The van der Waals surface area contributed by atoms with Gasteiger partial charge in [-0.1, -0.05) is 30.3 Å². The minimum atomic E-state index is -0.690. The Balaban J connectivity index is 1.31. The Bertz CT molecular complexity index is 849. The van der Waals surface area contributed by atoms with Crippen molar-refractivity contribution in [2.75, 3.05) is 36.5 Å². The number of urea groups is 1. The third-order valence-electron chi connectivity index (χ3n) is 4.68. The molecule has 0 aliphatic carbocycles. The Labute approximate surface area is 175 Å². The van der Waals surface area contributed by atoms with Gasteiger partial charge in [-0.25, -0.2) is 4.79 Å². The molecule has 3 amide bonds. The van der Waals surface area contributed by atoms with Crippen LogP contribution in [0.5, 0.6) is 0 Å². The second kappa shape index (κ2) is 10.8. The van der Waals surface area contributed by atoms with E-state index < -0.39 is 24.5 Å². The van der Waals surface area contributed by atoms with Crippen LogP contribution in [0.1, 0.15) is 18.4 Å². The van der Waals surface area contributed by atoms with Gasteiger partial charge >= 0.3 is 12.0 Å². The lowest BCUT2D eigenvalue weighted by Crippen LogP contribution is -2.39. The number of rotatable bonds is 8. The number of benzene rings is 2. The van der Waals surface area contributed by atoms with E-state index in [4.69, 9.17) is 4.74 Å². The molecule has 0 atom stereocenters. The maximum atomic E-state index is 12.0. The lowest BCUT2D eigenvalue weighted by atomic mass is 10.2. The van der Waals surface area contributed by atoms with Crippen molar-refractivity contribution < 1.29 is 19.1 Å². The number of carbonyl (C=O) groups is 3. The van der Waals surface area contributed by atoms with Crippen molar-refractivity contribution in [2.45, 2.75) is 19.4 Å². The van der Waals surface area contributed by atoms with Crippen molar-refractivity contribution in [2.24, 2.45) is 0 Å². The Morgan fingerprint density at radius 1 is 0.900 bits per heavy atom. The van der Waals surface area contributed by atoms with Gasteiger partial charge in [-0.05, 0) is 42.7 Å². The molecule has 2 aromatic rings. The maximum absolute atomic E-state index is 12.0. The molecular formula is C22H26N4O4. The van der Waals surface area contributed by atoms with Gasteiger partial charge in [0, 0.05) is 31.0 Å². The largest absolute Gasteiger partial charge is 0.454 e. The molecule has 0 saturated carbocycles. The van der Waals surface area contributed by atoms with Crippen LogP contribution in [0.2, 0.25) is 0 Å². The molecule has 0 spiro atoms. The molecule has 3 rings (SSSR count). The van der Waals surface area contributed by atoms with Crippen molar-refractivity contribution in [3.63, 3.8) is 0 Å². The van der Waals surface area contributed by atoms with Crippen LogP contribution < -0.4 is 20.9 Å². The standard InChI is InChI=1S/C22H26N4O4/c27-20(25-18-8-10-19(11-9-18)26-12-4-5-13-26)16-30-21(28)15-24-22(29)23-14-17-6-2-1-3-7-17/h1-3,6-11H,4-5,12-16H2,(H,25,27)(H2,23,24,29). The number of nitrogens with one attached hydrogen (secondary N) is 3. The molecule has 2 aromatic carbocycles. The molecule has 0 unspecified atom stereocenters. The molecule has 1 saturated heterocycles. The molecule has 0 bridgehead atoms. The van der Waals surface area contributed by atoms with Gasteiger partial charge in [0.05, 0.1) is 0 Å². The summed E-state index contributed by atoms with van der Waals surface area (Å²) in [5, 5.41) is 7.72. The molecule has 1 fully saturated rings. The van der Waals surface area contributed by atoms with Crippen molar-refractivity contribution in [1.29, 1.82) is 0 Å². The summed E-state index contributed by atoms with van der Waals surface area (Å²) < 4.78 is 4.89. The maximum Gasteiger partial charge on any atom is 0.325 e. The van der Waals surface area contributed by atoms with Crippen LogP contribution in [0.3, 0.4) is 0 Å². The molecule has 1 aliphatic heterocycles. The van der Waals surface area contributed by atoms with E-state index in [1.807, 2.05) is 54.6 Å². The van der Waals surface area contributed by atoms with Crippen molar-refractivity contribution in [1.82, 2.24) is 10.6 Å². The minimum Gasteiger partial charge on any atom is -0.454 e. The van der Waals surface area contributed by atoms with E-state index in [9.17, 15) is 14.4 Å². The van der Waals surface area contributed by atoms with Crippen molar-refractivity contribution in [3.8, 4) is 0 Å². The summed E-state index contributed by atoms with van der Waals surface area (Å²) in [7, 11) is 0. The Morgan fingerprint density at radius 3 is 2.30 bits per heavy atom. The normalized spacial score (nSPS) is 12.9. The Hall–Kier alpha value is -3.55. The second-order valence-corrected chi connectivity index (χ2v) is 6.97. The molecule has 8 nitrogen and oxygen atoms in total. The first-order valence-corrected chi connectivity index (χ1v) is 9.96. The number of amides is 3. The number of esters is 1. The Morgan fingerprint density at radius 2 is 1.60 bits per heavy atom. The average Bonchev–Trinajstić information content (AvgIpc) is 3.31.